The van der Waals surface area contributed by atoms with Gasteiger partial charge in [-0.1, -0.05) is 0 Å². The number of halogens is 6. The second-order valence-electron chi connectivity index (χ2n) is 12.2. The first-order chi connectivity index (χ1) is 22.9. The number of carbonyl (C=O) groups is 2. The van der Waals surface area contributed by atoms with Crippen molar-refractivity contribution >= 4 is 22.7 Å². The van der Waals surface area contributed by atoms with Crippen LogP contribution >= 0.6 is 0 Å². The predicted octanol–water partition coefficient (Wildman–Crippen LogP) is 4.16. The van der Waals surface area contributed by atoms with E-state index in [-0.39, 0.29) is 63.4 Å². The number of nitrogens with two attached hydrogens (primary N) is 1. The molecule has 0 unspecified atom stereocenters. The number of hydrogen-bond donors (Lipinski definition) is 3. The van der Waals surface area contributed by atoms with Gasteiger partial charge in [0.2, 0.25) is 17.3 Å². The van der Waals surface area contributed by atoms with Crippen molar-refractivity contribution in [2.75, 3.05) is 20.3 Å². The summed E-state index contributed by atoms with van der Waals surface area (Å²) in [5.41, 5.74) is -1.66. The number of fused-ring (bicyclic) bond motifs is 3. The molecule has 2 aromatic heterocycles. The number of amides is 2. The normalized spacial score (nSPS) is 21.1. The van der Waals surface area contributed by atoms with Crippen molar-refractivity contribution in [1.82, 2.24) is 20.1 Å². The molecule has 2 aliphatic heterocycles. The maximum absolute atomic E-state index is 14.8. The van der Waals surface area contributed by atoms with Gasteiger partial charge >= 0.3 is 12.5 Å². The van der Waals surface area contributed by atoms with Crippen molar-refractivity contribution in [2.45, 2.75) is 49.0 Å². The summed E-state index contributed by atoms with van der Waals surface area (Å²) in [6.07, 6.45) is -7.67. The quantitative estimate of drug-likeness (QED) is 0.230. The molecular weight excluding hydrogens is 668 g/mol. The molecule has 4 N–H and O–H groups in total. The number of nitrogens with zero attached hydrogens (tertiary/aromatic N) is 3. The van der Waals surface area contributed by atoms with Gasteiger partial charge < -0.3 is 35.1 Å². The Balaban J connectivity index is 1.28. The van der Waals surface area contributed by atoms with Gasteiger partial charge in [0.25, 0.3) is 5.91 Å². The average Bonchev–Trinajstić information content (AvgIpc) is 3.34. The minimum absolute atomic E-state index is 0.0499. The lowest BCUT2D eigenvalue weighted by Gasteiger charge is -2.31. The van der Waals surface area contributed by atoms with Crippen molar-refractivity contribution in [2.24, 2.45) is 5.73 Å². The summed E-state index contributed by atoms with van der Waals surface area (Å²) in [4.78, 5) is 29.8. The standard InChI is InChI=1S/C31H25F6N5O7/c1-27(26(38)44)13-47-24-17(27)10-21(40-23(24)14-3-4-18-19(8-14)49-31(36,37)48-18)29(45,30(33,34)35)12-39-25(43)15-7-16-11-42(28(32)5-6-28)41-22(16)20(9-15)46-2/h3-4,7-11,45H,5-6,12-13H2,1-2H3,(H2,38,44)(H,39,43)/t27-,29-/m0/s1. The van der Waals surface area contributed by atoms with Crippen LogP contribution in [0, 0.1) is 0 Å². The molecule has 0 radical (unpaired) electrons. The largest absolute Gasteiger partial charge is 0.586 e. The second-order valence-corrected chi connectivity index (χ2v) is 12.2. The first kappa shape index (κ1) is 32.3. The molecule has 2 atom stereocenters. The maximum atomic E-state index is 14.8. The molecule has 1 aliphatic carbocycles. The van der Waals surface area contributed by atoms with Crippen molar-refractivity contribution in [3.8, 4) is 34.3 Å². The monoisotopic (exact) mass is 693 g/mol. The number of ether oxygens (including phenoxy) is 4. The van der Waals surface area contributed by atoms with Gasteiger partial charge in [-0.05, 0) is 43.3 Å². The zero-order valence-electron chi connectivity index (χ0n) is 25.5. The van der Waals surface area contributed by atoms with Crippen LogP contribution in [0.2, 0.25) is 0 Å². The SMILES string of the molecule is COc1cc(C(=O)NC[C@](O)(c2cc3c(c(-c4ccc5c(c4)OC(F)(F)O5)n2)OC[C@]3(C)C(N)=O)C(F)(F)F)cc2cn(C3(F)CC3)nc12. The highest BCUT2D eigenvalue weighted by atomic mass is 19.4. The molecule has 0 bridgehead atoms. The lowest BCUT2D eigenvalue weighted by atomic mass is 9.81. The Kier molecular flexibility index (Phi) is 6.83. The van der Waals surface area contributed by atoms with Gasteiger partial charge in [-0.15, -0.1) is 8.78 Å². The van der Waals surface area contributed by atoms with Crippen LogP contribution < -0.4 is 30.0 Å². The zero-order chi connectivity index (χ0) is 35.3. The van der Waals surface area contributed by atoms with Crippen molar-refractivity contribution in [3.05, 3.63) is 59.4 Å². The minimum Gasteiger partial charge on any atom is -0.494 e. The number of rotatable bonds is 8. The number of hydrogen-bond acceptors (Lipinski definition) is 9. The molecule has 2 amide bonds. The minimum atomic E-state index is -5.49. The van der Waals surface area contributed by atoms with Gasteiger partial charge in [0.05, 0.1) is 19.3 Å². The van der Waals surface area contributed by atoms with E-state index < -0.39 is 65.7 Å². The van der Waals surface area contributed by atoms with E-state index in [9.17, 15) is 41.0 Å². The van der Waals surface area contributed by atoms with Gasteiger partial charge in [0.15, 0.2) is 11.5 Å². The molecule has 7 rings (SSSR count). The maximum Gasteiger partial charge on any atom is 0.586 e. The fourth-order valence-corrected chi connectivity index (χ4v) is 5.66. The highest BCUT2D eigenvalue weighted by Gasteiger charge is 2.58. The third kappa shape index (κ3) is 5.12. The Labute approximate surface area is 271 Å². The molecule has 258 valence electrons. The first-order valence-electron chi connectivity index (χ1n) is 14.6. The van der Waals surface area contributed by atoms with Crippen LogP contribution in [0.5, 0.6) is 23.0 Å². The van der Waals surface area contributed by atoms with Crippen molar-refractivity contribution in [3.63, 3.8) is 0 Å². The zero-order valence-corrected chi connectivity index (χ0v) is 25.5. The summed E-state index contributed by atoms with van der Waals surface area (Å²) >= 11 is 0. The number of methoxy groups -OCH3 is 1. The van der Waals surface area contributed by atoms with E-state index in [4.69, 9.17) is 15.2 Å². The Morgan fingerprint density at radius 2 is 1.82 bits per heavy atom. The van der Waals surface area contributed by atoms with E-state index >= 15 is 0 Å². The third-order valence-electron chi connectivity index (χ3n) is 8.82. The van der Waals surface area contributed by atoms with Crippen LogP contribution in [-0.2, 0) is 21.6 Å². The number of nitrogens with one attached hydrogen (secondary N) is 1. The number of pyridine rings is 1. The van der Waals surface area contributed by atoms with E-state index in [1.807, 2.05) is 0 Å². The predicted molar refractivity (Wildman–Crippen MR) is 155 cm³/mol. The molecule has 12 nitrogen and oxygen atoms in total. The van der Waals surface area contributed by atoms with Gasteiger partial charge in [-0.25, -0.2) is 14.1 Å². The average molecular weight is 694 g/mol. The molecule has 49 heavy (non-hydrogen) atoms. The van der Waals surface area contributed by atoms with E-state index in [1.54, 1.807) is 0 Å². The number of alkyl halides is 6. The highest BCUT2D eigenvalue weighted by Crippen LogP contribution is 2.50. The van der Waals surface area contributed by atoms with Crippen molar-refractivity contribution < 1.29 is 60.0 Å². The lowest BCUT2D eigenvalue weighted by Crippen LogP contribution is -2.51. The number of carbonyl (C=O) groups excluding carboxylic acids is 2. The highest BCUT2D eigenvalue weighted by molar-refractivity contribution is 6.00. The molecule has 3 aliphatic rings. The summed E-state index contributed by atoms with van der Waals surface area (Å²) in [6, 6.07) is 6.54. The van der Waals surface area contributed by atoms with Crippen LogP contribution in [0.4, 0.5) is 26.3 Å². The Morgan fingerprint density at radius 1 is 1.10 bits per heavy atom. The lowest BCUT2D eigenvalue weighted by molar-refractivity contribution is -0.286. The van der Waals surface area contributed by atoms with Crippen molar-refractivity contribution in [1.29, 1.82) is 0 Å². The Hall–Kier alpha value is -5.26. The summed E-state index contributed by atoms with van der Waals surface area (Å²) < 4.78 is 108. The van der Waals surface area contributed by atoms with Gasteiger partial charge in [-0.3, -0.25) is 9.59 Å². The molecule has 2 aromatic carbocycles. The molecule has 1 saturated carbocycles. The van der Waals surface area contributed by atoms with Crippen LogP contribution in [0.15, 0.2) is 42.6 Å². The number of primary amides is 1. The molecule has 4 heterocycles. The summed E-state index contributed by atoms with van der Waals surface area (Å²) in [7, 11) is 1.27. The summed E-state index contributed by atoms with van der Waals surface area (Å²) in [5, 5.41) is 17.9. The molecule has 18 heteroatoms. The molecule has 4 aromatic rings. The molecular formula is C31H25F6N5O7. The number of aromatic nitrogens is 3. The van der Waals surface area contributed by atoms with E-state index in [2.05, 4.69) is 24.9 Å². The Morgan fingerprint density at radius 3 is 2.47 bits per heavy atom. The molecule has 1 fully saturated rings. The fraction of sp³-hybridized carbons (Fsp3) is 0.355. The summed E-state index contributed by atoms with van der Waals surface area (Å²) in [6.45, 7) is -0.581. The fourth-order valence-electron chi connectivity index (χ4n) is 5.66. The van der Waals surface area contributed by atoms with Crippen LogP contribution in [0.3, 0.4) is 0 Å². The number of aliphatic hydroxyl groups is 1. The second kappa shape index (κ2) is 10.4. The van der Waals surface area contributed by atoms with Gasteiger partial charge in [0.1, 0.15) is 34.7 Å². The van der Waals surface area contributed by atoms with Gasteiger partial charge in [0, 0.05) is 41.1 Å². The topological polar surface area (TPSA) is 160 Å². The van der Waals surface area contributed by atoms with Crippen LogP contribution in [-0.4, -0.2) is 64.4 Å². The first-order valence-corrected chi connectivity index (χ1v) is 14.6. The number of benzene rings is 2. The van der Waals surface area contributed by atoms with E-state index in [1.165, 1.54) is 38.4 Å². The van der Waals surface area contributed by atoms with Crippen LogP contribution in [0.1, 0.15) is 41.4 Å². The Bertz CT molecular complexity index is 2070. The smallest absolute Gasteiger partial charge is 0.494 e. The van der Waals surface area contributed by atoms with Gasteiger partial charge in [-0.2, -0.15) is 18.3 Å². The van der Waals surface area contributed by atoms with E-state index in [0.29, 0.717) is 0 Å². The third-order valence-corrected chi connectivity index (χ3v) is 8.82. The van der Waals surface area contributed by atoms with E-state index in [0.717, 1.165) is 22.9 Å². The molecule has 0 saturated heterocycles. The van der Waals surface area contributed by atoms with Crippen LogP contribution in [0.25, 0.3) is 22.2 Å². The summed E-state index contributed by atoms with van der Waals surface area (Å²) in [5.74, 6) is -4.69. The molecule has 0 spiro atoms.